The highest BCUT2D eigenvalue weighted by molar-refractivity contribution is 7.08. The van der Waals surface area contributed by atoms with Crippen molar-refractivity contribution in [3.05, 3.63) is 52.7 Å². The zero-order chi connectivity index (χ0) is 16.8. The number of nitrogens with zero attached hydrogens (tertiary/aromatic N) is 2. The largest absolute Gasteiger partial charge is 0.497 e. The van der Waals surface area contributed by atoms with E-state index in [-0.39, 0.29) is 0 Å². The van der Waals surface area contributed by atoms with E-state index in [0.717, 1.165) is 35.8 Å². The first-order chi connectivity index (χ1) is 11.8. The van der Waals surface area contributed by atoms with Crippen LogP contribution in [0.4, 0.5) is 5.82 Å². The highest BCUT2D eigenvalue weighted by Crippen LogP contribution is 2.24. The van der Waals surface area contributed by atoms with Gasteiger partial charge in [0, 0.05) is 23.6 Å². The minimum atomic E-state index is 0.366. The number of nitrogens with one attached hydrogen (secondary N) is 1. The van der Waals surface area contributed by atoms with Gasteiger partial charge in [0.2, 0.25) is 0 Å². The molecule has 1 N–H and O–H groups in total. The Morgan fingerprint density at radius 3 is 2.54 bits per heavy atom. The predicted molar refractivity (Wildman–Crippen MR) is 97.1 cm³/mol. The molecule has 1 aromatic carbocycles. The molecule has 2 heterocycles. The second-order valence-corrected chi connectivity index (χ2v) is 5.94. The number of hydrogen-bond donors (Lipinski definition) is 1. The van der Waals surface area contributed by atoms with E-state index in [1.54, 1.807) is 25.6 Å². The number of methoxy groups -OCH3 is 2. The monoisotopic (exact) mass is 341 g/mol. The summed E-state index contributed by atoms with van der Waals surface area (Å²) in [5, 5.41) is 7.43. The van der Waals surface area contributed by atoms with Crippen LogP contribution in [0.5, 0.6) is 11.8 Å². The van der Waals surface area contributed by atoms with Gasteiger partial charge in [0.25, 0.3) is 0 Å². The zero-order valence-corrected chi connectivity index (χ0v) is 14.5. The quantitative estimate of drug-likeness (QED) is 0.707. The first-order valence-corrected chi connectivity index (χ1v) is 8.55. The van der Waals surface area contributed by atoms with Gasteiger partial charge in [-0.25, -0.2) is 0 Å². The minimum Gasteiger partial charge on any atom is -0.497 e. The van der Waals surface area contributed by atoms with Crippen LogP contribution in [0.3, 0.4) is 0 Å². The van der Waals surface area contributed by atoms with Gasteiger partial charge in [-0.15, -0.1) is 0 Å². The summed E-state index contributed by atoms with van der Waals surface area (Å²) in [7, 11) is 3.25. The number of thiophene rings is 1. The fourth-order valence-corrected chi connectivity index (χ4v) is 2.94. The van der Waals surface area contributed by atoms with E-state index < -0.39 is 0 Å². The molecule has 0 aliphatic heterocycles. The Balaban J connectivity index is 1.66. The number of anilines is 1. The van der Waals surface area contributed by atoms with Crippen molar-refractivity contribution in [2.75, 3.05) is 26.1 Å². The van der Waals surface area contributed by atoms with Crippen molar-refractivity contribution in [2.24, 2.45) is 0 Å². The topological polar surface area (TPSA) is 56.3 Å². The Morgan fingerprint density at radius 1 is 1.04 bits per heavy atom. The SMILES string of the molecule is COc1ccc(CCNc2cc(-c3ccsc3)nc(OC)n2)cc1. The predicted octanol–water partition coefficient (Wildman–Crippen LogP) is 3.88. The van der Waals surface area contributed by atoms with Crippen molar-refractivity contribution < 1.29 is 9.47 Å². The maximum absolute atomic E-state index is 5.21. The molecule has 5 nitrogen and oxygen atoms in total. The standard InChI is InChI=1S/C18H19N3O2S/c1-22-15-5-3-13(4-6-15)7-9-19-17-11-16(14-8-10-24-12-14)20-18(21-17)23-2/h3-6,8,10-12H,7,9H2,1-2H3,(H,19,20,21). The lowest BCUT2D eigenvalue weighted by Crippen LogP contribution is -2.07. The third-order valence-corrected chi connectivity index (χ3v) is 4.27. The van der Waals surface area contributed by atoms with Gasteiger partial charge in [0.05, 0.1) is 19.9 Å². The average Bonchev–Trinajstić information content (AvgIpc) is 3.17. The molecule has 3 aromatic rings. The summed E-state index contributed by atoms with van der Waals surface area (Å²) in [6.45, 7) is 0.773. The number of rotatable bonds is 7. The van der Waals surface area contributed by atoms with Gasteiger partial charge in [-0.1, -0.05) is 12.1 Å². The Labute approximate surface area is 145 Å². The summed E-state index contributed by atoms with van der Waals surface area (Å²) in [5.41, 5.74) is 3.16. The fourth-order valence-electron chi connectivity index (χ4n) is 2.29. The van der Waals surface area contributed by atoms with Crippen LogP contribution in [-0.4, -0.2) is 30.7 Å². The lowest BCUT2D eigenvalue weighted by molar-refractivity contribution is 0.381. The molecule has 0 saturated heterocycles. The Morgan fingerprint density at radius 2 is 1.88 bits per heavy atom. The van der Waals surface area contributed by atoms with E-state index in [0.29, 0.717) is 6.01 Å². The van der Waals surface area contributed by atoms with Crippen molar-refractivity contribution in [1.82, 2.24) is 9.97 Å². The number of hydrogen-bond acceptors (Lipinski definition) is 6. The molecule has 2 aromatic heterocycles. The summed E-state index contributed by atoms with van der Waals surface area (Å²) >= 11 is 1.64. The van der Waals surface area contributed by atoms with Crippen LogP contribution < -0.4 is 14.8 Å². The molecule has 6 heteroatoms. The van der Waals surface area contributed by atoms with Gasteiger partial charge >= 0.3 is 6.01 Å². The summed E-state index contributed by atoms with van der Waals surface area (Å²) in [4.78, 5) is 8.76. The molecule has 0 radical (unpaired) electrons. The van der Waals surface area contributed by atoms with Gasteiger partial charge in [0.15, 0.2) is 0 Å². The molecular formula is C18H19N3O2S. The Kier molecular flexibility index (Phi) is 5.28. The zero-order valence-electron chi connectivity index (χ0n) is 13.7. The van der Waals surface area contributed by atoms with Gasteiger partial charge < -0.3 is 14.8 Å². The summed E-state index contributed by atoms with van der Waals surface area (Å²) < 4.78 is 10.4. The minimum absolute atomic E-state index is 0.366. The molecular weight excluding hydrogens is 322 g/mol. The first kappa shape index (κ1) is 16.3. The van der Waals surface area contributed by atoms with Crippen LogP contribution in [0, 0.1) is 0 Å². The molecule has 0 unspecified atom stereocenters. The van der Waals surface area contributed by atoms with Crippen LogP contribution in [0.15, 0.2) is 47.2 Å². The maximum atomic E-state index is 5.21. The van der Waals surface area contributed by atoms with Gasteiger partial charge in [-0.3, -0.25) is 0 Å². The second-order valence-electron chi connectivity index (χ2n) is 5.16. The maximum Gasteiger partial charge on any atom is 0.318 e. The fraction of sp³-hybridized carbons (Fsp3) is 0.222. The van der Waals surface area contributed by atoms with Gasteiger partial charge in [0.1, 0.15) is 11.6 Å². The molecule has 0 amide bonds. The van der Waals surface area contributed by atoms with Crippen molar-refractivity contribution in [3.63, 3.8) is 0 Å². The third-order valence-electron chi connectivity index (χ3n) is 3.58. The normalized spacial score (nSPS) is 10.4. The molecule has 24 heavy (non-hydrogen) atoms. The second kappa shape index (κ2) is 7.79. The Bertz CT molecular complexity index is 773. The molecule has 0 fully saturated rings. The van der Waals surface area contributed by atoms with Gasteiger partial charge in [-0.2, -0.15) is 21.3 Å². The molecule has 0 atom stereocenters. The van der Waals surface area contributed by atoms with Crippen molar-refractivity contribution in [3.8, 4) is 23.0 Å². The number of aromatic nitrogens is 2. The van der Waals surface area contributed by atoms with Crippen molar-refractivity contribution in [1.29, 1.82) is 0 Å². The molecule has 3 rings (SSSR count). The van der Waals surface area contributed by atoms with Crippen molar-refractivity contribution in [2.45, 2.75) is 6.42 Å². The third kappa shape index (κ3) is 4.02. The molecule has 0 aliphatic rings. The summed E-state index contributed by atoms with van der Waals surface area (Å²) in [5.74, 6) is 1.63. The van der Waals surface area contributed by atoms with Crippen LogP contribution in [-0.2, 0) is 6.42 Å². The highest BCUT2D eigenvalue weighted by atomic mass is 32.1. The van der Waals surface area contributed by atoms with Gasteiger partial charge in [-0.05, 0) is 35.6 Å². The van der Waals surface area contributed by atoms with Crippen LogP contribution in [0.2, 0.25) is 0 Å². The van der Waals surface area contributed by atoms with Crippen LogP contribution >= 0.6 is 11.3 Å². The Hall–Kier alpha value is -2.60. The van der Waals surface area contributed by atoms with E-state index in [1.807, 2.05) is 29.6 Å². The molecule has 0 aliphatic carbocycles. The highest BCUT2D eigenvalue weighted by Gasteiger charge is 2.07. The summed E-state index contributed by atoms with van der Waals surface area (Å²) in [6.07, 6.45) is 0.893. The first-order valence-electron chi connectivity index (χ1n) is 7.61. The van der Waals surface area contributed by atoms with Crippen LogP contribution in [0.1, 0.15) is 5.56 Å². The molecule has 0 bridgehead atoms. The van der Waals surface area contributed by atoms with E-state index in [2.05, 4.69) is 32.8 Å². The van der Waals surface area contributed by atoms with E-state index in [1.165, 1.54) is 5.56 Å². The lowest BCUT2D eigenvalue weighted by Gasteiger charge is -2.09. The van der Waals surface area contributed by atoms with E-state index >= 15 is 0 Å². The summed E-state index contributed by atoms with van der Waals surface area (Å²) in [6, 6.07) is 12.4. The lowest BCUT2D eigenvalue weighted by atomic mass is 10.1. The number of ether oxygens (including phenoxy) is 2. The number of benzene rings is 1. The van der Waals surface area contributed by atoms with Crippen molar-refractivity contribution >= 4 is 17.2 Å². The van der Waals surface area contributed by atoms with E-state index in [9.17, 15) is 0 Å². The smallest absolute Gasteiger partial charge is 0.318 e. The van der Waals surface area contributed by atoms with Crippen LogP contribution in [0.25, 0.3) is 11.3 Å². The average molecular weight is 341 g/mol. The molecule has 124 valence electrons. The molecule has 0 saturated carbocycles. The molecule has 0 spiro atoms. The van der Waals surface area contributed by atoms with E-state index in [4.69, 9.17) is 9.47 Å².